The van der Waals surface area contributed by atoms with Gasteiger partial charge in [-0.3, -0.25) is 4.90 Å². The Morgan fingerprint density at radius 2 is 2.21 bits per heavy atom. The van der Waals surface area contributed by atoms with Crippen LogP contribution >= 0.6 is 11.3 Å². The molecule has 1 saturated heterocycles. The van der Waals surface area contributed by atoms with Crippen LogP contribution in [0.15, 0.2) is 18.2 Å². The largest absolute Gasteiger partial charge is 0.492 e. The lowest BCUT2D eigenvalue weighted by Gasteiger charge is -2.26. The fourth-order valence-electron chi connectivity index (χ4n) is 2.34. The summed E-state index contributed by atoms with van der Waals surface area (Å²) in [6.45, 7) is 8.21. The van der Waals surface area contributed by atoms with Crippen LogP contribution in [0.3, 0.4) is 0 Å². The van der Waals surface area contributed by atoms with Crippen molar-refractivity contribution in [3.05, 3.63) is 23.2 Å². The lowest BCUT2D eigenvalue weighted by Crippen LogP contribution is -2.44. The van der Waals surface area contributed by atoms with Crippen molar-refractivity contribution in [1.82, 2.24) is 15.2 Å². The van der Waals surface area contributed by atoms with Gasteiger partial charge in [0, 0.05) is 32.7 Å². The van der Waals surface area contributed by atoms with Gasteiger partial charge in [-0.05, 0) is 25.1 Å². The molecule has 3 rings (SSSR count). The molecule has 102 valence electrons. The minimum atomic E-state index is 0.753. The van der Waals surface area contributed by atoms with Crippen LogP contribution in [-0.4, -0.2) is 49.2 Å². The second kappa shape index (κ2) is 5.86. The van der Waals surface area contributed by atoms with Gasteiger partial charge in [0.2, 0.25) is 0 Å². The first-order chi connectivity index (χ1) is 9.31. The summed E-state index contributed by atoms with van der Waals surface area (Å²) in [6.07, 6.45) is 0. The van der Waals surface area contributed by atoms with E-state index in [0.29, 0.717) is 0 Å². The van der Waals surface area contributed by atoms with Crippen molar-refractivity contribution < 1.29 is 4.74 Å². The van der Waals surface area contributed by atoms with Crippen LogP contribution in [0.5, 0.6) is 5.75 Å². The van der Waals surface area contributed by atoms with Crippen LogP contribution in [0, 0.1) is 6.92 Å². The molecule has 4 nitrogen and oxygen atoms in total. The van der Waals surface area contributed by atoms with Crippen molar-refractivity contribution in [3.63, 3.8) is 0 Å². The highest BCUT2D eigenvalue weighted by molar-refractivity contribution is 7.18. The van der Waals surface area contributed by atoms with E-state index in [4.69, 9.17) is 4.74 Å². The molecule has 0 aliphatic carbocycles. The molecule has 0 atom stereocenters. The van der Waals surface area contributed by atoms with Crippen LogP contribution in [0.25, 0.3) is 10.2 Å². The predicted octanol–water partition coefficient (Wildman–Crippen LogP) is 1.89. The summed E-state index contributed by atoms with van der Waals surface area (Å²) in [5.74, 6) is 0.950. The number of nitrogens with one attached hydrogen (secondary N) is 1. The van der Waals surface area contributed by atoms with Gasteiger partial charge in [0.15, 0.2) is 0 Å². The number of hydrogen-bond donors (Lipinski definition) is 1. The van der Waals surface area contributed by atoms with Crippen LogP contribution in [0.2, 0.25) is 0 Å². The molecule has 1 aromatic carbocycles. The van der Waals surface area contributed by atoms with Gasteiger partial charge in [0.05, 0.1) is 15.2 Å². The van der Waals surface area contributed by atoms with E-state index >= 15 is 0 Å². The number of aryl methyl sites for hydroxylation is 1. The highest BCUT2D eigenvalue weighted by Crippen LogP contribution is 2.25. The van der Waals surface area contributed by atoms with E-state index in [2.05, 4.69) is 21.3 Å². The molecule has 19 heavy (non-hydrogen) atoms. The molecule has 2 heterocycles. The van der Waals surface area contributed by atoms with E-state index in [0.717, 1.165) is 55.6 Å². The number of thiazole rings is 1. The topological polar surface area (TPSA) is 37.4 Å². The van der Waals surface area contributed by atoms with Gasteiger partial charge in [-0.2, -0.15) is 0 Å². The summed E-state index contributed by atoms with van der Waals surface area (Å²) >= 11 is 1.72. The molecular formula is C14H19N3OS. The van der Waals surface area contributed by atoms with E-state index in [1.807, 2.05) is 19.1 Å². The Morgan fingerprint density at radius 3 is 3.05 bits per heavy atom. The molecule has 0 saturated carbocycles. The lowest BCUT2D eigenvalue weighted by molar-refractivity contribution is 0.191. The van der Waals surface area contributed by atoms with Gasteiger partial charge in [-0.1, -0.05) is 0 Å². The molecule has 5 heteroatoms. The van der Waals surface area contributed by atoms with Crippen LogP contribution < -0.4 is 10.1 Å². The maximum Gasteiger partial charge on any atom is 0.120 e. The van der Waals surface area contributed by atoms with E-state index < -0.39 is 0 Å². The second-order valence-corrected chi connectivity index (χ2v) is 6.04. The maximum atomic E-state index is 5.84. The Kier molecular flexibility index (Phi) is 3.96. The van der Waals surface area contributed by atoms with Crippen LogP contribution in [0.1, 0.15) is 5.01 Å². The van der Waals surface area contributed by atoms with E-state index in [1.165, 1.54) is 4.70 Å². The number of ether oxygens (including phenoxy) is 1. The number of benzene rings is 1. The van der Waals surface area contributed by atoms with Gasteiger partial charge >= 0.3 is 0 Å². The molecule has 1 N–H and O–H groups in total. The fraction of sp³-hybridized carbons (Fsp3) is 0.500. The minimum Gasteiger partial charge on any atom is -0.492 e. The summed E-state index contributed by atoms with van der Waals surface area (Å²) in [6, 6.07) is 6.15. The Morgan fingerprint density at radius 1 is 1.37 bits per heavy atom. The number of fused-ring (bicyclic) bond motifs is 1. The molecule has 1 aliphatic rings. The van der Waals surface area contributed by atoms with Crippen molar-refractivity contribution in [2.75, 3.05) is 39.3 Å². The van der Waals surface area contributed by atoms with E-state index in [9.17, 15) is 0 Å². The summed E-state index contributed by atoms with van der Waals surface area (Å²) in [4.78, 5) is 6.89. The molecule has 0 unspecified atom stereocenters. The maximum absolute atomic E-state index is 5.84. The second-order valence-electron chi connectivity index (χ2n) is 4.80. The molecule has 0 radical (unpaired) electrons. The highest BCUT2D eigenvalue weighted by atomic mass is 32.1. The SMILES string of the molecule is Cc1nc2ccc(OCCN3CCNCC3)cc2s1. The zero-order chi connectivity index (χ0) is 13.1. The first-order valence-electron chi connectivity index (χ1n) is 6.74. The van der Waals surface area contributed by atoms with Crippen molar-refractivity contribution in [2.24, 2.45) is 0 Å². The average Bonchev–Trinajstić information content (AvgIpc) is 2.79. The fourth-order valence-corrected chi connectivity index (χ4v) is 3.19. The van der Waals surface area contributed by atoms with Gasteiger partial charge < -0.3 is 10.1 Å². The molecule has 0 amide bonds. The number of rotatable bonds is 4. The summed E-state index contributed by atoms with van der Waals surface area (Å²) in [7, 11) is 0. The Hall–Kier alpha value is -1.17. The Labute approximate surface area is 117 Å². The van der Waals surface area contributed by atoms with Crippen molar-refractivity contribution >= 4 is 21.6 Å². The Bertz CT molecular complexity index is 549. The average molecular weight is 277 g/mol. The lowest BCUT2D eigenvalue weighted by atomic mass is 10.3. The third-order valence-electron chi connectivity index (χ3n) is 3.35. The monoisotopic (exact) mass is 277 g/mol. The van der Waals surface area contributed by atoms with Crippen LogP contribution in [0.4, 0.5) is 0 Å². The van der Waals surface area contributed by atoms with Crippen molar-refractivity contribution in [3.8, 4) is 5.75 Å². The molecule has 1 aromatic heterocycles. The van der Waals surface area contributed by atoms with Gasteiger partial charge in [-0.15, -0.1) is 11.3 Å². The van der Waals surface area contributed by atoms with Gasteiger partial charge in [0.1, 0.15) is 12.4 Å². The van der Waals surface area contributed by atoms with Crippen molar-refractivity contribution in [1.29, 1.82) is 0 Å². The number of hydrogen-bond acceptors (Lipinski definition) is 5. The van der Waals surface area contributed by atoms with E-state index in [1.54, 1.807) is 11.3 Å². The zero-order valence-corrected chi connectivity index (χ0v) is 12.0. The normalized spacial score (nSPS) is 16.9. The smallest absolute Gasteiger partial charge is 0.120 e. The molecule has 0 bridgehead atoms. The third kappa shape index (κ3) is 3.23. The third-order valence-corrected chi connectivity index (χ3v) is 4.29. The predicted molar refractivity (Wildman–Crippen MR) is 79.2 cm³/mol. The molecule has 1 aliphatic heterocycles. The molecule has 1 fully saturated rings. The number of nitrogens with zero attached hydrogens (tertiary/aromatic N) is 2. The molecule has 2 aromatic rings. The number of piperazine rings is 1. The zero-order valence-electron chi connectivity index (χ0n) is 11.2. The standard InChI is InChI=1S/C14H19N3OS/c1-11-16-13-3-2-12(10-14(13)19-11)18-9-8-17-6-4-15-5-7-17/h2-3,10,15H,4-9H2,1H3. The Balaban J connectivity index is 1.55. The van der Waals surface area contributed by atoms with Gasteiger partial charge in [0.25, 0.3) is 0 Å². The van der Waals surface area contributed by atoms with Gasteiger partial charge in [-0.25, -0.2) is 4.98 Å². The van der Waals surface area contributed by atoms with E-state index in [-0.39, 0.29) is 0 Å². The summed E-state index contributed by atoms with van der Waals surface area (Å²) < 4.78 is 7.05. The summed E-state index contributed by atoms with van der Waals surface area (Å²) in [5.41, 5.74) is 1.07. The first-order valence-corrected chi connectivity index (χ1v) is 7.56. The van der Waals surface area contributed by atoms with Crippen molar-refractivity contribution in [2.45, 2.75) is 6.92 Å². The number of aromatic nitrogens is 1. The molecule has 0 spiro atoms. The minimum absolute atomic E-state index is 0.753. The molecular weight excluding hydrogens is 258 g/mol. The highest BCUT2D eigenvalue weighted by Gasteiger charge is 2.09. The first kappa shape index (κ1) is 12.8. The van der Waals surface area contributed by atoms with Crippen LogP contribution in [-0.2, 0) is 0 Å². The summed E-state index contributed by atoms with van der Waals surface area (Å²) in [5, 5.41) is 4.46. The quantitative estimate of drug-likeness (QED) is 0.926.